The number of thiocarbonyl (C=S) groups is 1. The minimum atomic E-state index is -0.430. The van der Waals surface area contributed by atoms with E-state index in [0.29, 0.717) is 18.6 Å². The van der Waals surface area contributed by atoms with Crippen LogP contribution in [0, 0.1) is 0 Å². The maximum Gasteiger partial charge on any atom is 0.407 e. The predicted molar refractivity (Wildman–Crippen MR) is 87.2 cm³/mol. The van der Waals surface area contributed by atoms with Crippen LogP contribution >= 0.6 is 12.2 Å². The zero-order valence-corrected chi connectivity index (χ0v) is 13.4. The maximum atomic E-state index is 11.7. The summed E-state index contributed by atoms with van der Waals surface area (Å²) >= 11 is 5.42. The summed E-state index contributed by atoms with van der Waals surface area (Å²) in [5.74, 6) is 0. The highest BCUT2D eigenvalue weighted by atomic mass is 32.1. The summed E-state index contributed by atoms with van der Waals surface area (Å²) < 4.78 is 5.17. The van der Waals surface area contributed by atoms with E-state index >= 15 is 0 Å². The number of alkyl carbamates (subject to hydrolysis) is 1. The molecule has 114 valence electrons. The van der Waals surface area contributed by atoms with E-state index in [0.717, 1.165) is 23.4 Å². The van der Waals surface area contributed by atoms with Crippen molar-refractivity contribution < 1.29 is 9.53 Å². The Morgan fingerprint density at radius 1 is 1.29 bits per heavy atom. The fraction of sp³-hybridized carbons (Fsp3) is 0.500. The topological polar surface area (TPSA) is 41.6 Å². The van der Waals surface area contributed by atoms with Gasteiger partial charge in [0, 0.05) is 12.1 Å². The molecule has 1 heterocycles. The molecule has 1 aliphatic heterocycles. The predicted octanol–water partition coefficient (Wildman–Crippen LogP) is 3.11. The van der Waals surface area contributed by atoms with E-state index < -0.39 is 6.09 Å². The van der Waals surface area contributed by atoms with Crippen LogP contribution in [0.2, 0.25) is 0 Å². The summed E-state index contributed by atoms with van der Waals surface area (Å²) in [7, 11) is 0. The van der Waals surface area contributed by atoms with Crippen molar-refractivity contribution in [1.82, 2.24) is 10.2 Å². The van der Waals surface area contributed by atoms with Crippen LogP contribution in [-0.4, -0.2) is 34.6 Å². The molecule has 2 rings (SSSR count). The number of nitrogens with zero attached hydrogens (tertiary/aromatic N) is 1. The first-order valence-corrected chi connectivity index (χ1v) is 7.74. The lowest BCUT2D eigenvalue weighted by Crippen LogP contribution is -2.43. The summed E-state index contributed by atoms with van der Waals surface area (Å²) in [4.78, 5) is 14.7. The number of benzene rings is 1. The maximum absolute atomic E-state index is 11.7. The molecule has 2 atom stereocenters. The van der Waals surface area contributed by atoms with Crippen molar-refractivity contribution in [1.29, 1.82) is 0 Å². The molecule has 4 nitrogen and oxygen atoms in total. The number of hydrogen-bond donors (Lipinski definition) is 1. The molecular weight excluding hydrogens is 284 g/mol. The number of carbonyl (C=O) groups excluding carboxylic acids is 1. The smallest absolute Gasteiger partial charge is 0.407 e. The standard InChI is InChI=1S/C16H22N2O2S/c1-12-8-9-13(2)18(12)15(21)10-17-16(19)20-11-14-6-4-3-5-7-14/h3-7,12-13H,8-11H2,1-2H3,(H,17,19)/t12-,13-/m1/s1. The second-order valence-corrected chi connectivity index (χ2v) is 5.96. The van der Waals surface area contributed by atoms with Crippen LogP contribution in [0.5, 0.6) is 0 Å². The molecular formula is C16H22N2O2S. The summed E-state index contributed by atoms with van der Waals surface area (Å²) in [5, 5.41) is 2.73. The van der Waals surface area contributed by atoms with Crippen LogP contribution in [0.4, 0.5) is 4.79 Å². The van der Waals surface area contributed by atoms with E-state index in [9.17, 15) is 4.79 Å². The van der Waals surface area contributed by atoms with Crippen molar-refractivity contribution in [2.45, 2.75) is 45.4 Å². The van der Waals surface area contributed by atoms with Crippen LogP contribution in [-0.2, 0) is 11.3 Å². The fourth-order valence-electron chi connectivity index (χ4n) is 2.70. The number of nitrogens with one attached hydrogen (secondary N) is 1. The highest BCUT2D eigenvalue weighted by Crippen LogP contribution is 2.23. The minimum Gasteiger partial charge on any atom is -0.445 e. The molecule has 0 aromatic heterocycles. The molecule has 1 fully saturated rings. The van der Waals surface area contributed by atoms with E-state index in [-0.39, 0.29) is 6.61 Å². The minimum absolute atomic E-state index is 0.274. The summed E-state index contributed by atoms with van der Waals surface area (Å²) in [6, 6.07) is 10.5. The van der Waals surface area contributed by atoms with Gasteiger partial charge < -0.3 is 15.0 Å². The second-order valence-electron chi connectivity index (χ2n) is 5.49. The van der Waals surface area contributed by atoms with E-state index in [1.54, 1.807) is 0 Å². The Kier molecular flexibility index (Phi) is 5.56. The Morgan fingerprint density at radius 3 is 2.52 bits per heavy atom. The molecule has 0 bridgehead atoms. The van der Waals surface area contributed by atoms with Crippen molar-refractivity contribution in [2.75, 3.05) is 6.54 Å². The van der Waals surface area contributed by atoms with Crippen LogP contribution < -0.4 is 5.32 Å². The van der Waals surface area contributed by atoms with E-state index in [4.69, 9.17) is 17.0 Å². The molecule has 5 heteroatoms. The molecule has 1 saturated heterocycles. The van der Waals surface area contributed by atoms with Gasteiger partial charge in [0.1, 0.15) is 6.61 Å². The number of rotatable bonds is 4. The summed E-state index contributed by atoms with van der Waals surface area (Å²) in [6.45, 7) is 4.97. The van der Waals surface area contributed by atoms with Crippen molar-refractivity contribution >= 4 is 23.3 Å². The third kappa shape index (κ3) is 4.43. The molecule has 0 unspecified atom stereocenters. The van der Waals surface area contributed by atoms with Gasteiger partial charge in [-0.3, -0.25) is 0 Å². The quantitative estimate of drug-likeness (QED) is 0.868. The molecule has 0 aliphatic carbocycles. The zero-order valence-electron chi connectivity index (χ0n) is 12.5. The first-order chi connectivity index (χ1) is 10.1. The molecule has 0 radical (unpaired) electrons. The third-order valence-electron chi connectivity index (χ3n) is 3.84. The van der Waals surface area contributed by atoms with Gasteiger partial charge in [-0.1, -0.05) is 42.5 Å². The molecule has 0 spiro atoms. The van der Waals surface area contributed by atoms with Gasteiger partial charge in [-0.15, -0.1) is 0 Å². The molecule has 21 heavy (non-hydrogen) atoms. The van der Waals surface area contributed by atoms with E-state index in [1.807, 2.05) is 30.3 Å². The van der Waals surface area contributed by atoms with Gasteiger partial charge in [0.05, 0.1) is 11.5 Å². The lowest BCUT2D eigenvalue weighted by molar-refractivity contribution is 0.140. The third-order valence-corrected chi connectivity index (χ3v) is 4.19. The van der Waals surface area contributed by atoms with Gasteiger partial charge in [0.2, 0.25) is 0 Å². The lowest BCUT2D eigenvalue weighted by atomic mass is 10.2. The second kappa shape index (κ2) is 7.41. The van der Waals surface area contributed by atoms with Gasteiger partial charge in [-0.2, -0.15) is 0 Å². The summed E-state index contributed by atoms with van der Waals surface area (Å²) in [5.41, 5.74) is 0.969. The van der Waals surface area contributed by atoms with Crippen molar-refractivity contribution in [3.05, 3.63) is 35.9 Å². The number of hydrogen-bond acceptors (Lipinski definition) is 3. The van der Waals surface area contributed by atoms with Gasteiger partial charge in [-0.25, -0.2) is 4.79 Å². The molecule has 1 N–H and O–H groups in total. The first kappa shape index (κ1) is 15.8. The van der Waals surface area contributed by atoms with Gasteiger partial charge in [0.15, 0.2) is 0 Å². The van der Waals surface area contributed by atoms with Crippen molar-refractivity contribution in [3.63, 3.8) is 0 Å². The van der Waals surface area contributed by atoms with E-state index in [1.165, 1.54) is 0 Å². The van der Waals surface area contributed by atoms with Crippen LogP contribution in [0.15, 0.2) is 30.3 Å². The Balaban J connectivity index is 1.72. The molecule has 1 aromatic rings. The van der Waals surface area contributed by atoms with Crippen molar-refractivity contribution in [2.24, 2.45) is 0 Å². The lowest BCUT2D eigenvalue weighted by Gasteiger charge is -2.29. The highest BCUT2D eigenvalue weighted by Gasteiger charge is 2.28. The molecule has 1 aromatic carbocycles. The first-order valence-electron chi connectivity index (χ1n) is 7.33. The summed E-state index contributed by atoms with van der Waals surface area (Å²) in [6.07, 6.45) is 1.88. The average Bonchev–Trinajstić information content (AvgIpc) is 2.83. The van der Waals surface area contributed by atoms with Gasteiger partial charge >= 0.3 is 6.09 Å². The van der Waals surface area contributed by atoms with Crippen LogP contribution in [0.1, 0.15) is 32.3 Å². The Morgan fingerprint density at radius 2 is 1.90 bits per heavy atom. The van der Waals surface area contributed by atoms with Crippen molar-refractivity contribution in [3.8, 4) is 0 Å². The molecule has 0 saturated carbocycles. The van der Waals surface area contributed by atoms with Crippen LogP contribution in [0.25, 0.3) is 0 Å². The number of likely N-dealkylation sites (tertiary alicyclic amines) is 1. The Labute approximate surface area is 131 Å². The van der Waals surface area contributed by atoms with Gasteiger partial charge in [-0.05, 0) is 32.3 Å². The highest BCUT2D eigenvalue weighted by molar-refractivity contribution is 7.80. The SMILES string of the molecule is C[C@@H]1CC[C@@H](C)N1C(=S)CNC(=O)OCc1ccccc1. The Bertz CT molecular complexity index is 482. The normalized spacial score (nSPS) is 21.1. The molecule has 1 amide bonds. The number of carbonyl (C=O) groups is 1. The Hall–Kier alpha value is -1.62. The fourth-order valence-corrected chi connectivity index (χ4v) is 3.13. The van der Waals surface area contributed by atoms with Gasteiger partial charge in [0.25, 0.3) is 0 Å². The number of ether oxygens (including phenoxy) is 1. The monoisotopic (exact) mass is 306 g/mol. The zero-order chi connectivity index (χ0) is 15.2. The molecule has 1 aliphatic rings. The van der Waals surface area contributed by atoms with E-state index in [2.05, 4.69) is 24.1 Å². The average molecular weight is 306 g/mol. The van der Waals surface area contributed by atoms with Crippen LogP contribution in [0.3, 0.4) is 0 Å². The largest absolute Gasteiger partial charge is 0.445 e. The number of amides is 1.